The molecule has 0 spiro atoms. The summed E-state index contributed by atoms with van der Waals surface area (Å²) in [7, 11) is 0. The van der Waals surface area contributed by atoms with Gasteiger partial charge in [0.2, 0.25) is 5.91 Å². The Balaban J connectivity index is 1.51. The van der Waals surface area contributed by atoms with E-state index < -0.39 is 0 Å². The van der Waals surface area contributed by atoms with Crippen LogP contribution in [0.25, 0.3) is 0 Å². The van der Waals surface area contributed by atoms with Crippen molar-refractivity contribution >= 4 is 28.6 Å². The van der Waals surface area contributed by atoms with Crippen LogP contribution >= 0.6 is 11.3 Å². The van der Waals surface area contributed by atoms with E-state index in [9.17, 15) is 4.79 Å². The van der Waals surface area contributed by atoms with Gasteiger partial charge in [0.15, 0.2) is 0 Å². The quantitative estimate of drug-likeness (QED) is 0.751. The van der Waals surface area contributed by atoms with Gasteiger partial charge in [0, 0.05) is 22.8 Å². The summed E-state index contributed by atoms with van der Waals surface area (Å²) in [6, 6.07) is 2.28. The molecule has 3 rings (SSSR count). The molecule has 6 nitrogen and oxygen atoms in total. The number of nitrogens with zero attached hydrogens (tertiary/aromatic N) is 2. The molecule has 0 radical (unpaired) electrons. The minimum absolute atomic E-state index is 0.0182. The maximum absolute atomic E-state index is 11.7. The molecule has 2 aromatic rings. The molecule has 0 unspecified atom stereocenters. The Kier molecular flexibility index (Phi) is 3.60. The van der Waals surface area contributed by atoms with Crippen molar-refractivity contribution in [1.82, 2.24) is 15.1 Å². The molecule has 1 saturated carbocycles. The molecule has 0 aliphatic heterocycles. The number of rotatable bonds is 6. The molecule has 20 heavy (non-hydrogen) atoms. The molecule has 7 heteroatoms. The van der Waals surface area contributed by atoms with E-state index in [1.54, 1.807) is 22.2 Å². The van der Waals surface area contributed by atoms with Crippen molar-refractivity contribution < 1.29 is 4.79 Å². The summed E-state index contributed by atoms with van der Waals surface area (Å²) in [6.45, 7) is 0.933. The van der Waals surface area contributed by atoms with Crippen LogP contribution in [-0.2, 0) is 17.9 Å². The van der Waals surface area contributed by atoms with Gasteiger partial charge < -0.3 is 16.4 Å². The second kappa shape index (κ2) is 5.54. The van der Waals surface area contributed by atoms with E-state index in [0.29, 0.717) is 12.6 Å². The molecule has 1 fully saturated rings. The first-order valence-corrected chi connectivity index (χ1v) is 7.46. The van der Waals surface area contributed by atoms with Gasteiger partial charge >= 0.3 is 0 Å². The SMILES string of the molecule is Nc1ccsc1CNc1cnn(CC(=O)NC2CC2)c1. The molecule has 0 aromatic carbocycles. The summed E-state index contributed by atoms with van der Waals surface area (Å²) >= 11 is 1.62. The number of carbonyl (C=O) groups excluding carboxylic acids is 1. The summed E-state index contributed by atoms with van der Waals surface area (Å²) in [5, 5.41) is 12.3. The van der Waals surface area contributed by atoms with Crippen molar-refractivity contribution in [3.63, 3.8) is 0 Å². The first-order chi connectivity index (χ1) is 9.70. The topological polar surface area (TPSA) is 85.0 Å². The van der Waals surface area contributed by atoms with E-state index in [4.69, 9.17) is 5.73 Å². The minimum Gasteiger partial charge on any atom is -0.398 e. The fourth-order valence-electron chi connectivity index (χ4n) is 1.87. The van der Waals surface area contributed by atoms with Crippen LogP contribution < -0.4 is 16.4 Å². The predicted molar refractivity (Wildman–Crippen MR) is 79.4 cm³/mol. The van der Waals surface area contributed by atoms with Crippen LogP contribution in [0.5, 0.6) is 0 Å². The minimum atomic E-state index is 0.0182. The lowest BCUT2D eigenvalue weighted by molar-refractivity contribution is -0.122. The van der Waals surface area contributed by atoms with Gasteiger partial charge in [0.25, 0.3) is 0 Å². The lowest BCUT2D eigenvalue weighted by Gasteiger charge is -2.03. The summed E-state index contributed by atoms with van der Waals surface area (Å²) in [5.41, 5.74) is 7.52. The highest BCUT2D eigenvalue weighted by atomic mass is 32.1. The highest BCUT2D eigenvalue weighted by Gasteiger charge is 2.23. The molecule has 2 heterocycles. The van der Waals surface area contributed by atoms with Crippen molar-refractivity contribution in [3.05, 3.63) is 28.7 Å². The number of carbonyl (C=O) groups is 1. The molecule has 1 amide bonds. The third-order valence-electron chi connectivity index (χ3n) is 3.11. The van der Waals surface area contributed by atoms with Gasteiger partial charge in [-0.15, -0.1) is 11.3 Å². The lowest BCUT2D eigenvalue weighted by atomic mass is 10.4. The molecule has 2 aromatic heterocycles. The molecule has 1 aliphatic rings. The third kappa shape index (κ3) is 3.30. The van der Waals surface area contributed by atoms with Crippen LogP contribution in [0.2, 0.25) is 0 Å². The Labute approximate surface area is 121 Å². The molecular formula is C13H17N5OS. The van der Waals surface area contributed by atoms with E-state index in [1.165, 1.54) is 0 Å². The van der Waals surface area contributed by atoms with Gasteiger partial charge in [-0.1, -0.05) is 0 Å². The van der Waals surface area contributed by atoms with Gasteiger partial charge in [0.1, 0.15) is 6.54 Å². The average molecular weight is 291 g/mol. The lowest BCUT2D eigenvalue weighted by Crippen LogP contribution is -2.29. The van der Waals surface area contributed by atoms with Crippen LogP contribution in [0.15, 0.2) is 23.8 Å². The summed E-state index contributed by atoms with van der Waals surface area (Å²) < 4.78 is 1.64. The number of hydrogen-bond donors (Lipinski definition) is 3. The van der Waals surface area contributed by atoms with E-state index in [2.05, 4.69) is 15.7 Å². The number of amides is 1. The highest BCUT2D eigenvalue weighted by molar-refractivity contribution is 7.10. The number of hydrogen-bond acceptors (Lipinski definition) is 5. The Morgan fingerprint density at radius 3 is 3.10 bits per heavy atom. The molecule has 4 N–H and O–H groups in total. The first kappa shape index (κ1) is 13.0. The summed E-state index contributed by atoms with van der Waals surface area (Å²) in [4.78, 5) is 12.8. The van der Waals surface area contributed by atoms with Crippen LogP contribution in [-0.4, -0.2) is 21.7 Å². The summed E-state index contributed by atoms with van der Waals surface area (Å²) in [5.74, 6) is 0.0182. The highest BCUT2D eigenvalue weighted by Crippen LogP contribution is 2.20. The number of nitrogens with two attached hydrogens (primary N) is 1. The molecule has 0 bridgehead atoms. The number of aromatic nitrogens is 2. The molecule has 0 saturated heterocycles. The van der Waals surface area contributed by atoms with Crippen LogP contribution in [0.3, 0.4) is 0 Å². The molecule has 1 aliphatic carbocycles. The Morgan fingerprint density at radius 1 is 1.55 bits per heavy atom. The Hall–Kier alpha value is -2.02. The van der Waals surface area contributed by atoms with Crippen molar-refractivity contribution in [2.75, 3.05) is 11.1 Å². The number of thiophene rings is 1. The van der Waals surface area contributed by atoms with Gasteiger partial charge in [0.05, 0.1) is 18.4 Å². The van der Waals surface area contributed by atoms with Crippen molar-refractivity contribution in [2.24, 2.45) is 0 Å². The van der Waals surface area contributed by atoms with Crippen molar-refractivity contribution in [1.29, 1.82) is 0 Å². The second-order valence-corrected chi connectivity index (χ2v) is 5.92. The zero-order valence-electron chi connectivity index (χ0n) is 11.0. The zero-order chi connectivity index (χ0) is 13.9. The monoisotopic (exact) mass is 291 g/mol. The predicted octanol–water partition coefficient (Wildman–Crippen LogP) is 1.42. The molecule has 0 atom stereocenters. The van der Waals surface area contributed by atoms with Crippen LogP contribution in [0.1, 0.15) is 17.7 Å². The van der Waals surface area contributed by atoms with E-state index >= 15 is 0 Å². The summed E-state index contributed by atoms with van der Waals surface area (Å²) in [6.07, 6.45) is 5.74. The number of nitrogen functional groups attached to an aromatic ring is 1. The number of anilines is 2. The standard InChI is InChI=1S/C13H17N5OS/c14-11-3-4-20-12(11)6-15-10-5-16-18(7-10)8-13(19)17-9-1-2-9/h3-5,7,9,15H,1-2,6,8,14H2,(H,17,19). The largest absolute Gasteiger partial charge is 0.398 e. The number of nitrogens with one attached hydrogen (secondary N) is 2. The van der Waals surface area contributed by atoms with Gasteiger partial charge in [-0.05, 0) is 24.3 Å². The van der Waals surface area contributed by atoms with Gasteiger partial charge in [-0.2, -0.15) is 5.10 Å². The van der Waals surface area contributed by atoms with Crippen LogP contribution in [0.4, 0.5) is 11.4 Å². The smallest absolute Gasteiger partial charge is 0.241 e. The fraction of sp³-hybridized carbons (Fsp3) is 0.385. The maximum atomic E-state index is 11.7. The third-order valence-corrected chi connectivity index (χ3v) is 4.05. The van der Waals surface area contributed by atoms with E-state index in [0.717, 1.165) is 29.1 Å². The first-order valence-electron chi connectivity index (χ1n) is 6.58. The molecule has 106 valence electrons. The zero-order valence-corrected chi connectivity index (χ0v) is 11.8. The van der Waals surface area contributed by atoms with E-state index in [1.807, 2.05) is 17.6 Å². The fourth-order valence-corrected chi connectivity index (χ4v) is 2.60. The van der Waals surface area contributed by atoms with Gasteiger partial charge in [-0.25, -0.2) is 0 Å². The van der Waals surface area contributed by atoms with E-state index in [-0.39, 0.29) is 12.5 Å². The van der Waals surface area contributed by atoms with Gasteiger partial charge in [-0.3, -0.25) is 9.48 Å². The Morgan fingerprint density at radius 2 is 2.40 bits per heavy atom. The second-order valence-electron chi connectivity index (χ2n) is 4.92. The molecular weight excluding hydrogens is 274 g/mol. The average Bonchev–Trinajstić information content (AvgIpc) is 2.95. The Bertz CT molecular complexity index is 601. The van der Waals surface area contributed by atoms with Crippen LogP contribution in [0, 0.1) is 0 Å². The normalized spacial score (nSPS) is 14.2. The van der Waals surface area contributed by atoms with Crippen molar-refractivity contribution in [2.45, 2.75) is 32.0 Å². The maximum Gasteiger partial charge on any atom is 0.241 e. The van der Waals surface area contributed by atoms with Crippen molar-refractivity contribution in [3.8, 4) is 0 Å².